The van der Waals surface area contributed by atoms with Crippen LogP contribution in [0.2, 0.25) is 0 Å². The lowest BCUT2D eigenvalue weighted by Gasteiger charge is -2.13. The summed E-state index contributed by atoms with van der Waals surface area (Å²) in [6.45, 7) is 2.07. The predicted octanol–water partition coefficient (Wildman–Crippen LogP) is 4.48. The third-order valence-corrected chi connectivity index (χ3v) is 6.05. The van der Waals surface area contributed by atoms with Crippen molar-refractivity contribution in [1.29, 1.82) is 0 Å². The third-order valence-electron chi connectivity index (χ3n) is 6.05. The summed E-state index contributed by atoms with van der Waals surface area (Å²) >= 11 is 0. The van der Waals surface area contributed by atoms with Crippen LogP contribution in [0.1, 0.15) is 58.6 Å². The maximum Gasteiger partial charge on any atom is 0.162 e. The number of aryl methyl sites for hydroxylation is 1. The Kier molecular flexibility index (Phi) is 6.77. The molecule has 0 aliphatic heterocycles. The number of hydrogen-bond donors (Lipinski definition) is 1. The van der Waals surface area contributed by atoms with Crippen LogP contribution in [-0.4, -0.2) is 27.3 Å². The van der Waals surface area contributed by atoms with Crippen LogP contribution in [0.3, 0.4) is 0 Å². The van der Waals surface area contributed by atoms with E-state index in [1.807, 2.05) is 0 Å². The van der Waals surface area contributed by atoms with Crippen LogP contribution in [0.15, 0.2) is 53.2 Å². The smallest absolute Gasteiger partial charge is 0.162 e. The molecule has 4 rings (SSSR count). The Morgan fingerprint density at radius 2 is 1.81 bits per heavy atom. The molecule has 0 bridgehead atoms. The molecule has 1 aliphatic rings. The van der Waals surface area contributed by atoms with E-state index in [4.69, 9.17) is 4.74 Å². The molecule has 0 radical (unpaired) electrons. The Labute approximate surface area is 182 Å². The quantitative estimate of drug-likeness (QED) is 0.487. The summed E-state index contributed by atoms with van der Waals surface area (Å²) in [5.74, 6) is 1.29. The SMILES string of the molecule is Cc1nonc1COc1ccc(C(=O)CC[C@H](O)CCC2Cc3ccccc3C2)cc1. The molecule has 6 nitrogen and oxygen atoms in total. The molecule has 1 atom stereocenters. The number of ether oxygens (including phenoxy) is 1. The van der Waals surface area contributed by atoms with Crippen LogP contribution in [0.25, 0.3) is 0 Å². The fraction of sp³-hybridized carbons (Fsp3) is 0.400. The van der Waals surface area contributed by atoms with E-state index >= 15 is 0 Å². The van der Waals surface area contributed by atoms with Crippen molar-refractivity contribution in [2.75, 3.05) is 0 Å². The molecule has 1 N–H and O–H groups in total. The molecule has 0 saturated heterocycles. The van der Waals surface area contributed by atoms with Gasteiger partial charge < -0.3 is 9.84 Å². The zero-order valence-corrected chi connectivity index (χ0v) is 17.8. The van der Waals surface area contributed by atoms with E-state index in [2.05, 4.69) is 39.2 Å². The Balaban J connectivity index is 1.17. The standard InChI is InChI=1S/C25H28N2O4/c1-17-24(27-31-26-17)16-30-23-11-7-19(8-12-23)25(29)13-10-22(28)9-6-18-14-20-4-2-3-5-21(20)15-18/h2-5,7-8,11-12,18,22,28H,6,9-10,13-16H2,1H3/t22-/m1/s1. The Morgan fingerprint density at radius 3 is 2.45 bits per heavy atom. The van der Waals surface area contributed by atoms with Gasteiger partial charge >= 0.3 is 0 Å². The summed E-state index contributed by atoms with van der Waals surface area (Å²) in [7, 11) is 0. The number of aliphatic hydroxyl groups is 1. The van der Waals surface area contributed by atoms with Gasteiger partial charge in [0.1, 0.15) is 23.7 Å². The van der Waals surface area contributed by atoms with Crippen molar-refractivity contribution in [3.05, 3.63) is 76.6 Å². The summed E-state index contributed by atoms with van der Waals surface area (Å²) in [4.78, 5) is 12.5. The number of rotatable bonds is 10. The fourth-order valence-electron chi connectivity index (χ4n) is 4.14. The molecular weight excluding hydrogens is 392 g/mol. The predicted molar refractivity (Wildman–Crippen MR) is 116 cm³/mol. The first-order valence-corrected chi connectivity index (χ1v) is 10.9. The molecule has 0 fully saturated rings. The fourth-order valence-corrected chi connectivity index (χ4v) is 4.14. The lowest BCUT2D eigenvalue weighted by Crippen LogP contribution is -2.12. The second kappa shape index (κ2) is 9.88. The number of aliphatic hydroxyl groups excluding tert-OH is 1. The molecular formula is C25H28N2O4. The topological polar surface area (TPSA) is 85.5 Å². The highest BCUT2D eigenvalue weighted by atomic mass is 16.6. The van der Waals surface area contributed by atoms with E-state index in [9.17, 15) is 9.90 Å². The summed E-state index contributed by atoms with van der Waals surface area (Å²) in [5.41, 5.74) is 4.86. The number of aromatic nitrogens is 2. The monoisotopic (exact) mass is 420 g/mol. The maximum absolute atomic E-state index is 12.5. The van der Waals surface area contributed by atoms with E-state index in [1.165, 1.54) is 11.1 Å². The number of Topliss-reactive ketones (excluding diaryl/α,β-unsaturated/α-hetero) is 1. The van der Waals surface area contributed by atoms with Crippen molar-refractivity contribution in [3.8, 4) is 5.75 Å². The number of nitrogens with zero attached hydrogens (tertiary/aromatic N) is 2. The minimum Gasteiger partial charge on any atom is -0.487 e. The second-order valence-electron chi connectivity index (χ2n) is 8.35. The van der Waals surface area contributed by atoms with Gasteiger partial charge in [-0.3, -0.25) is 4.79 Å². The highest BCUT2D eigenvalue weighted by molar-refractivity contribution is 5.96. The van der Waals surface area contributed by atoms with Crippen LogP contribution in [-0.2, 0) is 19.4 Å². The minimum absolute atomic E-state index is 0.0374. The highest BCUT2D eigenvalue weighted by Crippen LogP contribution is 2.30. The van der Waals surface area contributed by atoms with E-state index in [0.29, 0.717) is 41.5 Å². The van der Waals surface area contributed by atoms with Gasteiger partial charge in [0.05, 0.1) is 6.10 Å². The average molecular weight is 421 g/mol. The van der Waals surface area contributed by atoms with E-state index in [-0.39, 0.29) is 12.4 Å². The van der Waals surface area contributed by atoms with Crippen LogP contribution in [0.5, 0.6) is 5.75 Å². The van der Waals surface area contributed by atoms with Gasteiger partial charge in [0, 0.05) is 12.0 Å². The number of ketones is 1. The average Bonchev–Trinajstić information content (AvgIpc) is 3.40. The number of fused-ring (bicyclic) bond motifs is 1. The van der Waals surface area contributed by atoms with Gasteiger partial charge in [-0.1, -0.05) is 34.6 Å². The normalized spacial score (nSPS) is 14.4. The molecule has 0 amide bonds. The molecule has 1 aliphatic carbocycles. The minimum atomic E-state index is -0.436. The van der Waals surface area contributed by atoms with Crippen molar-refractivity contribution >= 4 is 5.78 Å². The van der Waals surface area contributed by atoms with E-state index in [1.54, 1.807) is 31.2 Å². The molecule has 31 heavy (non-hydrogen) atoms. The zero-order valence-electron chi connectivity index (χ0n) is 17.8. The molecule has 0 spiro atoms. The molecule has 162 valence electrons. The molecule has 3 aromatic rings. The Bertz CT molecular complexity index is 987. The van der Waals surface area contributed by atoms with Crippen LogP contribution < -0.4 is 4.74 Å². The molecule has 2 aromatic carbocycles. The lowest BCUT2D eigenvalue weighted by molar-refractivity contribution is 0.0927. The summed E-state index contributed by atoms with van der Waals surface area (Å²) in [6.07, 6.45) is 4.35. The van der Waals surface area contributed by atoms with Gasteiger partial charge in [0.15, 0.2) is 5.78 Å². The summed E-state index contributed by atoms with van der Waals surface area (Å²) in [6, 6.07) is 15.6. The van der Waals surface area contributed by atoms with Gasteiger partial charge in [-0.15, -0.1) is 0 Å². The van der Waals surface area contributed by atoms with E-state index in [0.717, 1.165) is 25.7 Å². The Hall–Kier alpha value is -2.99. The van der Waals surface area contributed by atoms with Crippen molar-refractivity contribution in [2.24, 2.45) is 5.92 Å². The Morgan fingerprint density at radius 1 is 1.10 bits per heavy atom. The zero-order chi connectivity index (χ0) is 21.6. The van der Waals surface area contributed by atoms with Crippen molar-refractivity contribution in [3.63, 3.8) is 0 Å². The van der Waals surface area contributed by atoms with Crippen molar-refractivity contribution in [1.82, 2.24) is 10.3 Å². The molecule has 0 saturated carbocycles. The van der Waals surface area contributed by atoms with Gasteiger partial charge in [0.2, 0.25) is 0 Å². The number of benzene rings is 2. The first-order valence-electron chi connectivity index (χ1n) is 10.9. The third kappa shape index (κ3) is 5.58. The van der Waals surface area contributed by atoms with Gasteiger partial charge in [-0.2, -0.15) is 0 Å². The van der Waals surface area contributed by atoms with Crippen molar-refractivity contribution in [2.45, 2.75) is 58.2 Å². The second-order valence-corrected chi connectivity index (χ2v) is 8.35. The number of carbonyl (C=O) groups is 1. The highest BCUT2D eigenvalue weighted by Gasteiger charge is 2.21. The van der Waals surface area contributed by atoms with Gasteiger partial charge in [-0.25, -0.2) is 4.63 Å². The van der Waals surface area contributed by atoms with Crippen LogP contribution in [0, 0.1) is 12.8 Å². The lowest BCUT2D eigenvalue weighted by atomic mass is 9.95. The van der Waals surface area contributed by atoms with Gasteiger partial charge in [-0.05, 0) is 80.3 Å². The maximum atomic E-state index is 12.5. The molecule has 1 aromatic heterocycles. The molecule has 6 heteroatoms. The van der Waals surface area contributed by atoms with Crippen LogP contribution >= 0.6 is 0 Å². The molecule has 1 heterocycles. The van der Waals surface area contributed by atoms with Crippen LogP contribution in [0.4, 0.5) is 0 Å². The van der Waals surface area contributed by atoms with E-state index < -0.39 is 6.10 Å². The largest absolute Gasteiger partial charge is 0.487 e. The first kappa shape index (κ1) is 21.2. The number of hydrogen-bond acceptors (Lipinski definition) is 6. The van der Waals surface area contributed by atoms with Gasteiger partial charge in [0.25, 0.3) is 0 Å². The number of carbonyl (C=O) groups excluding carboxylic acids is 1. The molecule has 0 unspecified atom stereocenters. The summed E-state index contributed by atoms with van der Waals surface area (Å²) in [5, 5.41) is 17.9. The first-order chi connectivity index (χ1) is 15.1. The summed E-state index contributed by atoms with van der Waals surface area (Å²) < 4.78 is 10.3. The van der Waals surface area contributed by atoms with Crippen molar-refractivity contribution < 1.29 is 19.3 Å².